The van der Waals surface area contributed by atoms with Crippen molar-refractivity contribution in [3.05, 3.63) is 24.3 Å². The molecule has 1 N–H and O–H groups in total. The van der Waals surface area contributed by atoms with Crippen LogP contribution in [0, 0.1) is 17.2 Å². The first-order chi connectivity index (χ1) is 14.7. The van der Waals surface area contributed by atoms with Crippen molar-refractivity contribution in [3.8, 4) is 6.07 Å². The molecule has 0 spiro atoms. The number of anilines is 2. The Morgan fingerprint density at radius 3 is 2.42 bits per heavy atom. The third kappa shape index (κ3) is 5.64. The summed E-state index contributed by atoms with van der Waals surface area (Å²) < 4.78 is 30.8. The Bertz CT molecular complexity index is 951. The number of rotatable bonds is 7. The van der Waals surface area contributed by atoms with Gasteiger partial charge >= 0.3 is 6.09 Å². The number of carbonyl (C=O) groups excluding carboxylic acids is 1. The molecule has 3 rings (SSSR count). The molecule has 0 aromatic heterocycles. The highest BCUT2D eigenvalue weighted by Crippen LogP contribution is 2.26. The quantitative estimate of drug-likeness (QED) is 0.605. The van der Waals surface area contributed by atoms with Gasteiger partial charge in [-0.05, 0) is 24.3 Å². The van der Waals surface area contributed by atoms with Crippen LogP contribution in [0.5, 0.6) is 0 Å². The van der Waals surface area contributed by atoms with Crippen LogP contribution in [0.3, 0.4) is 0 Å². The first-order valence-corrected chi connectivity index (χ1v) is 12.2. The zero-order valence-corrected chi connectivity index (χ0v) is 19.3. The molecule has 9 nitrogen and oxygen atoms in total. The standard InChI is InChI=1S/C20H27N5O4S2/c1-15(2)19(30)22-13-18-14-25(20(26)29-18)17-5-3-16(4-6-17)23-8-10-24(11-9-23)31(27,28)12-7-21/h3-6,15,18H,8-14H2,1-2H3,(H,22,30). The molecule has 1 aromatic carbocycles. The third-order valence-electron chi connectivity index (χ3n) is 5.31. The van der Waals surface area contributed by atoms with E-state index in [2.05, 4.69) is 10.2 Å². The maximum Gasteiger partial charge on any atom is 0.414 e. The van der Waals surface area contributed by atoms with E-state index in [9.17, 15) is 13.2 Å². The molecule has 0 saturated carbocycles. The Balaban J connectivity index is 1.55. The van der Waals surface area contributed by atoms with Gasteiger partial charge < -0.3 is 15.0 Å². The van der Waals surface area contributed by atoms with Crippen molar-refractivity contribution in [2.75, 3.05) is 54.8 Å². The van der Waals surface area contributed by atoms with Gasteiger partial charge in [0.25, 0.3) is 0 Å². The van der Waals surface area contributed by atoms with Crippen LogP contribution < -0.4 is 15.1 Å². The number of nitrogens with one attached hydrogen (secondary N) is 1. The minimum absolute atomic E-state index is 0.240. The second kappa shape index (κ2) is 9.80. The van der Waals surface area contributed by atoms with E-state index in [-0.39, 0.29) is 18.1 Å². The van der Waals surface area contributed by atoms with E-state index >= 15 is 0 Å². The van der Waals surface area contributed by atoms with Crippen molar-refractivity contribution in [2.24, 2.45) is 5.92 Å². The second-order valence-corrected chi connectivity index (χ2v) is 10.2. The SMILES string of the molecule is CC(C)C(=S)NCC1CN(c2ccc(N3CCN(S(=O)(=O)CC#N)CC3)cc2)C(=O)O1. The van der Waals surface area contributed by atoms with Crippen molar-refractivity contribution < 1.29 is 17.9 Å². The number of nitrogens with zero attached hydrogens (tertiary/aromatic N) is 4. The molecule has 0 aliphatic carbocycles. The number of hydrogen-bond acceptors (Lipinski definition) is 7. The molecule has 2 heterocycles. The molecular weight excluding hydrogens is 438 g/mol. The summed E-state index contributed by atoms with van der Waals surface area (Å²) in [5.41, 5.74) is 1.70. The number of cyclic esters (lactones) is 1. The normalized spacial score (nSPS) is 19.9. The van der Waals surface area contributed by atoms with E-state index in [0.29, 0.717) is 39.3 Å². The maximum absolute atomic E-state index is 12.3. The molecule has 11 heteroatoms. The lowest BCUT2D eigenvalue weighted by Crippen LogP contribution is -2.49. The van der Waals surface area contributed by atoms with Gasteiger partial charge in [-0.2, -0.15) is 9.57 Å². The van der Waals surface area contributed by atoms with E-state index in [1.54, 1.807) is 11.0 Å². The molecule has 2 fully saturated rings. The number of sulfonamides is 1. The van der Waals surface area contributed by atoms with Crippen molar-refractivity contribution in [3.63, 3.8) is 0 Å². The fraction of sp³-hybridized carbons (Fsp3) is 0.550. The van der Waals surface area contributed by atoms with Gasteiger partial charge in [-0.25, -0.2) is 13.2 Å². The van der Waals surface area contributed by atoms with Crippen LogP contribution >= 0.6 is 12.2 Å². The summed E-state index contributed by atoms with van der Waals surface area (Å²) in [4.78, 5) is 16.7. The van der Waals surface area contributed by atoms with Crippen LogP contribution in [-0.2, 0) is 14.8 Å². The van der Waals surface area contributed by atoms with Crippen molar-refractivity contribution >= 4 is 44.7 Å². The summed E-state index contributed by atoms with van der Waals surface area (Å²) in [6.45, 7) is 6.72. The smallest absolute Gasteiger partial charge is 0.414 e. The predicted molar refractivity (Wildman–Crippen MR) is 123 cm³/mol. The molecule has 1 atom stereocenters. The maximum atomic E-state index is 12.3. The summed E-state index contributed by atoms with van der Waals surface area (Å²) in [6.07, 6.45) is -0.654. The van der Waals surface area contributed by atoms with Gasteiger partial charge in [0.2, 0.25) is 10.0 Å². The lowest BCUT2D eigenvalue weighted by Gasteiger charge is -2.35. The van der Waals surface area contributed by atoms with Gasteiger partial charge in [0.05, 0.1) is 24.1 Å². The topological polar surface area (TPSA) is 106 Å². The summed E-state index contributed by atoms with van der Waals surface area (Å²) in [5, 5.41) is 11.8. The molecule has 2 aliphatic rings. The molecular formula is C20H27N5O4S2. The molecule has 2 saturated heterocycles. The van der Waals surface area contributed by atoms with E-state index < -0.39 is 15.8 Å². The lowest BCUT2D eigenvalue weighted by molar-refractivity contribution is 0.143. The fourth-order valence-corrected chi connectivity index (χ4v) is 4.65. The highest BCUT2D eigenvalue weighted by Gasteiger charge is 2.32. The molecule has 168 valence electrons. The summed E-state index contributed by atoms with van der Waals surface area (Å²) >= 11 is 5.26. The van der Waals surface area contributed by atoms with Gasteiger partial charge in [0.1, 0.15) is 6.10 Å². The Morgan fingerprint density at radius 2 is 1.84 bits per heavy atom. The molecule has 0 radical (unpaired) electrons. The second-order valence-electron chi connectivity index (χ2n) is 7.83. The number of benzene rings is 1. The molecule has 0 bridgehead atoms. The first-order valence-electron chi connectivity index (χ1n) is 10.2. The van der Waals surface area contributed by atoms with E-state index in [0.717, 1.165) is 16.4 Å². The lowest BCUT2D eigenvalue weighted by atomic mass is 10.2. The van der Waals surface area contributed by atoms with Gasteiger partial charge in [0, 0.05) is 43.5 Å². The van der Waals surface area contributed by atoms with E-state index in [4.69, 9.17) is 22.2 Å². The average Bonchev–Trinajstić information content (AvgIpc) is 3.12. The molecule has 2 aliphatic heterocycles. The Hall–Kier alpha value is -2.42. The predicted octanol–water partition coefficient (Wildman–Crippen LogP) is 1.56. The Labute approximate surface area is 188 Å². The van der Waals surface area contributed by atoms with Crippen LogP contribution in [0.15, 0.2) is 24.3 Å². The van der Waals surface area contributed by atoms with Crippen LogP contribution in [0.1, 0.15) is 13.8 Å². The Morgan fingerprint density at radius 1 is 1.23 bits per heavy atom. The van der Waals surface area contributed by atoms with Gasteiger partial charge in [0.15, 0.2) is 5.75 Å². The van der Waals surface area contributed by atoms with Crippen molar-refractivity contribution in [1.82, 2.24) is 9.62 Å². The number of ether oxygens (including phenoxy) is 1. The van der Waals surface area contributed by atoms with Crippen LogP contribution in [0.4, 0.5) is 16.2 Å². The van der Waals surface area contributed by atoms with Crippen molar-refractivity contribution in [2.45, 2.75) is 20.0 Å². The van der Waals surface area contributed by atoms with E-state index in [1.165, 1.54) is 4.31 Å². The monoisotopic (exact) mass is 465 g/mol. The van der Waals surface area contributed by atoms with Crippen LogP contribution in [0.25, 0.3) is 0 Å². The average molecular weight is 466 g/mol. The summed E-state index contributed by atoms with van der Waals surface area (Å²) in [5.74, 6) is -0.253. The number of thiocarbonyl (C=S) groups is 1. The van der Waals surface area contributed by atoms with Crippen LogP contribution in [-0.4, -0.2) is 74.9 Å². The van der Waals surface area contributed by atoms with Gasteiger partial charge in [-0.1, -0.05) is 26.1 Å². The minimum Gasteiger partial charge on any atom is -0.442 e. The van der Waals surface area contributed by atoms with Gasteiger partial charge in [-0.3, -0.25) is 4.90 Å². The fourth-order valence-electron chi connectivity index (χ4n) is 3.50. The zero-order valence-electron chi connectivity index (χ0n) is 17.7. The molecule has 1 aromatic rings. The summed E-state index contributed by atoms with van der Waals surface area (Å²) in [6, 6.07) is 9.28. The number of amides is 1. The summed E-state index contributed by atoms with van der Waals surface area (Å²) in [7, 11) is -3.51. The third-order valence-corrected chi connectivity index (χ3v) is 7.57. The highest BCUT2D eigenvalue weighted by molar-refractivity contribution is 7.89. The van der Waals surface area contributed by atoms with Gasteiger partial charge in [-0.15, -0.1) is 0 Å². The van der Waals surface area contributed by atoms with Crippen molar-refractivity contribution in [1.29, 1.82) is 5.26 Å². The largest absolute Gasteiger partial charge is 0.442 e. The minimum atomic E-state index is -3.51. The highest BCUT2D eigenvalue weighted by atomic mass is 32.2. The molecule has 31 heavy (non-hydrogen) atoms. The molecule has 1 amide bonds. The molecule has 1 unspecified atom stereocenters. The first kappa shape index (κ1) is 23.2. The number of piperazine rings is 1. The number of carbonyl (C=O) groups is 1. The van der Waals surface area contributed by atoms with E-state index in [1.807, 2.05) is 38.1 Å². The number of hydrogen-bond donors (Lipinski definition) is 1. The van der Waals surface area contributed by atoms with Crippen LogP contribution in [0.2, 0.25) is 0 Å². The zero-order chi connectivity index (χ0) is 22.6. The number of nitriles is 1. The Kier molecular flexibility index (Phi) is 7.35.